The molecule has 0 aromatic rings. The van der Waals surface area contributed by atoms with Gasteiger partial charge in [0.2, 0.25) is 0 Å². The van der Waals surface area contributed by atoms with E-state index in [1.807, 2.05) is 0 Å². The quantitative estimate of drug-likeness (QED) is 0.333. The van der Waals surface area contributed by atoms with Crippen LogP contribution in [0.25, 0.3) is 0 Å². The summed E-state index contributed by atoms with van der Waals surface area (Å²) in [6.45, 7) is 0.979. The molecule has 0 fully saturated rings. The number of hydrogen-bond donors (Lipinski definition) is 2. The standard InChI is InChI=1S/C12H25NO4/c1-2-3-4-5-6-7-8-9-12(10-14,11-15)13(16)17/h14-15H,2-11H2,1H3. The van der Waals surface area contributed by atoms with Gasteiger partial charge < -0.3 is 10.2 Å². The van der Waals surface area contributed by atoms with Crippen molar-refractivity contribution in [2.45, 2.75) is 63.8 Å². The molecule has 0 unspecified atom stereocenters. The molecule has 0 saturated heterocycles. The topological polar surface area (TPSA) is 83.6 Å². The summed E-state index contributed by atoms with van der Waals surface area (Å²) >= 11 is 0. The molecular formula is C12H25NO4. The van der Waals surface area contributed by atoms with Crippen LogP contribution in [0.5, 0.6) is 0 Å². The summed E-state index contributed by atoms with van der Waals surface area (Å²) in [7, 11) is 0. The van der Waals surface area contributed by atoms with Crippen LogP contribution in [-0.2, 0) is 0 Å². The Morgan fingerprint density at radius 1 is 1.00 bits per heavy atom. The van der Waals surface area contributed by atoms with Crippen molar-refractivity contribution >= 4 is 0 Å². The minimum Gasteiger partial charge on any atom is -0.389 e. The fourth-order valence-corrected chi connectivity index (χ4v) is 1.83. The van der Waals surface area contributed by atoms with Crippen molar-refractivity contribution in [3.05, 3.63) is 10.1 Å². The number of rotatable bonds is 11. The Labute approximate surface area is 103 Å². The Bertz CT molecular complexity index is 205. The van der Waals surface area contributed by atoms with Crippen LogP contribution in [0.3, 0.4) is 0 Å². The maximum Gasteiger partial charge on any atom is 0.267 e. The van der Waals surface area contributed by atoms with Crippen LogP contribution in [-0.4, -0.2) is 33.9 Å². The lowest BCUT2D eigenvalue weighted by molar-refractivity contribution is -0.578. The van der Waals surface area contributed by atoms with Gasteiger partial charge in [0.05, 0.1) is 0 Å². The minimum atomic E-state index is -1.54. The lowest BCUT2D eigenvalue weighted by Gasteiger charge is -2.20. The van der Waals surface area contributed by atoms with Crippen molar-refractivity contribution in [2.24, 2.45) is 0 Å². The molecule has 5 heteroatoms. The van der Waals surface area contributed by atoms with Crippen LogP contribution in [0.4, 0.5) is 0 Å². The van der Waals surface area contributed by atoms with E-state index < -0.39 is 23.7 Å². The highest BCUT2D eigenvalue weighted by Gasteiger charge is 2.40. The van der Waals surface area contributed by atoms with E-state index >= 15 is 0 Å². The van der Waals surface area contributed by atoms with E-state index in [4.69, 9.17) is 10.2 Å². The number of unbranched alkanes of at least 4 members (excludes halogenated alkanes) is 6. The highest BCUT2D eigenvalue weighted by Crippen LogP contribution is 2.19. The maximum absolute atomic E-state index is 10.8. The predicted molar refractivity (Wildman–Crippen MR) is 66.5 cm³/mol. The molecule has 0 rings (SSSR count). The third kappa shape index (κ3) is 5.98. The molecule has 0 amide bonds. The lowest BCUT2D eigenvalue weighted by atomic mass is 9.94. The van der Waals surface area contributed by atoms with Crippen molar-refractivity contribution in [1.29, 1.82) is 0 Å². The summed E-state index contributed by atoms with van der Waals surface area (Å²) in [5.41, 5.74) is -1.54. The van der Waals surface area contributed by atoms with Gasteiger partial charge >= 0.3 is 0 Å². The monoisotopic (exact) mass is 247 g/mol. The number of aliphatic hydroxyl groups is 2. The summed E-state index contributed by atoms with van der Waals surface area (Å²) in [6, 6.07) is 0. The van der Waals surface area contributed by atoms with E-state index in [0.29, 0.717) is 6.42 Å². The molecule has 0 aliphatic carbocycles. The summed E-state index contributed by atoms with van der Waals surface area (Å²) in [5, 5.41) is 28.8. The zero-order valence-corrected chi connectivity index (χ0v) is 10.7. The van der Waals surface area contributed by atoms with Gasteiger partial charge in [-0.15, -0.1) is 0 Å². The number of nitrogens with zero attached hydrogens (tertiary/aromatic N) is 1. The first-order chi connectivity index (χ1) is 8.13. The van der Waals surface area contributed by atoms with Crippen LogP contribution < -0.4 is 0 Å². The lowest BCUT2D eigenvalue weighted by Crippen LogP contribution is -2.45. The molecule has 102 valence electrons. The number of aliphatic hydroxyl groups excluding tert-OH is 2. The second-order valence-electron chi connectivity index (χ2n) is 4.67. The van der Waals surface area contributed by atoms with Gasteiger partial charge in [-0.1, -0.05) is 45.4 Å². The first-order valence-electron chi connectivity index (χ1n) is 6.49. The molecule has 0 spiro atoms. The Morgan fingerprint density at radius 3 is 1.88 bits per heavy atom. The van der Waals surface area contributed by atoms with Crippen LogP contribution in [0.2, 0.25) is 0 Å². The van der Waals surface area contributed by atoms with Gasteiger partial charge in [0.1, 0.15) is 13.2 Å². The fraction of sp³-hybridized carbons (Fsp3) is 1.00. The second kappa shape index (κ2) is 9.36. The van der Waals surface area contributed by atoms with E-state index in [1.165, 1.54) is 19.3 Å². The molecule has 5 nitrogen and oxygen atoms in total. The summed E-state index contributed by atoms with van der Waals surface area (Å²) in [5.74, 6) is 0. The molecule has 0 heterocycles. The second-order valence-corrected chi connectivity index (χ2v) is 4.67. The van der Waals surface area contributed by atoms with Crippen LogP contribution >= 0.6 is 0 Å². The van der Waals surface area contributed by atoms with E-state index in [2.05, 4.69) is 6.92 Å². The Kier molecular flexibility index (Phi) is 8.99. The van der Waals surface area contributed by atoms with Gasteiger partial charge in [-0.05, 0) is 6.42 Å². The van der Waals surface area contributed by atoms with E-state index in [9.17, 15) is 10.1 Å². The zero-order chi connectivity index (χ0) is 13.1. The third-order valence-electron chi connectivity index (χ3n) is 3.22. The number of hydrogen-bond acceptors (Lipinski definition) is 4. The Balaban J connectivity index is 3.73. The van der Waals surface area contributed by atoms with Crippen molar-refractivity contribution in [1.82, 2.24) is 0 Å². The molecule has 2 N–H and O–H groups in total. The molecule has 0 aliphatic heterocycles. The average Bonchev–Trinajstić information content (AvgIpc) is 2.33. The van der Waals surface area contributed by atoms with Gasteiger partial charge in [-0.2, -0.15) is 0 Å². The molecule has 0 bridgehead atoms. The molecular weight excluding hydrogens is 222 g/mol. The number of nitro groups is 1. The molecule has 0 radical (unpaired) electrons. The first-order valence-corrected chi connectivity index (χ1v) is 6.49. The fourth-order valence-electron chi connectivity index (χ4n) is 1.83. The third-order valence-corrected chi connectivity index (χ3v) is 3.22. The summed E-state index contributed by atoms with van der Waals surface area (Å²) in [6.07, 6.45) is 7.78. The van der Waals surface area contributed by atoms with Crippen LogP contribution in [0.1, 0.15) is 58.3 Å². The smallest absolute Gasteiger partial charge is 0.267 e. The Hall–Kier alpha value is -0.680. The molecule has 17 heavy (non-hydrogen) atoms. The van der Waals surface area contributed by atoms with Crippen molar-refractivity contribution in [3.8, 4) is 0 Å². The summed E-state index contributed by atoms with van der Waals surface area (Å²) in [4.78, 5) is 10.2. The highest BCUT2D eigenvalue weighted by molar-refractivity contribution is 4.77. The molecule has 0 saturated carbocycles. The normalized spacial score (nSPS) is 11.7. The van der Waals surface area contributed by atoms with Crippen LogP contribution in [0, 0.1) is 10.1 Å². The van der Waals surface area contributed by atoms with Gasteiger partial charge in [0, 0.05) is 11.3 Å². The highest BCUT2D eigenvalue weighted by atomic mass is 16.6. The van der Waals surface area contributed by atoms with Crippen molar-refractivity contribution in [2.75, 3.05) is 13.2 Å². The Morgan fingerprint density at radius 2 is 1.47 bits per heavy atom. The zero-order valence-electron chi connectivity index (χ0n) is 10.7. The van der Waals surface area contributed by atoms with Crippen molar-refractivity contribution in [3.63, 3.8) is 0 Å². The van der Waals surface area contributed by atoms with Gasteiger partial charge in [0.15, 0.2) is 0 Å². The van der Waals surface area contributed by atoms with Gasteiger partial charge in [0.25, 0.3) is 5.54 Å². The van der Waals surface area contributed by atoms with Crippen molar-refractivity contribution < 1.29 is 15.1 Å². The minimum absolute atomic E-state index is 0.251. The maximum atomic E-state index is 10.8. The van der Waals surface area contributed by atoms with Gasteiger partial charge in [-0.25, -0.2) is 0 Å². The molecule has 0 aromatic carbocycles. The van der Waals surface area contributed by atoms with Gasteiger partial charge in [-0.3, -0.25) is 10.1 Å². The molecule has 0 aliphatic rings. The summed E-state index contributed by atoms with van der Waals surface area (Å²) < 4.78 is 0. The predicted octanol–water partition coefficient (Wildman–Crippen LogP) is 2.13. The van der Waals surface area contributed by atoms with E-state index in [1.54, 1.807) is 0 Å². The van der Waals surface area contributed by atoms with E-state index in [0.717, 1.165) is 19.3 Å². The van der Waals surface area contributed by atoms with E-state index in [-0.39, 0.29) is 6.42 Å². The largest absolute Gasteiger partial charge is 0.389 e. The SMILES string of the molecule is CCCCCCCCCC(CO)(CO)[N+](=O)[O-]. The molecule has 0 aromatic heterocycles. The average molecular weight is 247 g/mol. The van der Waals surface area contributed by atoms with Crippen LogP contribution in [0.15, 0.2) is 0 Å². The first kappa shape index (κ1) is 16.3. The molecule has 0 atom stereocenters.